The fourth-order valence-electron chi connectivity index (χ4n) is 1.90. The molecule has 1 aliphatic heterocycles. The van der Waals surface area contributed by atoms with Crippen LogP contribution < -0.4 is 5.32 Å². The first kappa shape index (κ1) is 12.7. The minimum absolute atomic E-state index is 0.0798. The van der Waals surface area contributed by atoms with Gasteiger partial charge in [-0.3, -0.25) is 4.79 Å². The summed E-state index contributed by atoms with van der Waals surface area (Å²) in [5.74, 6) is 0.765. The molecule has 0 aromatic heterocycles. The number of thioether (sulfide) groups is 1. The molecular weight excluding hydrogens is 256 g/mol. The highest BCUT2D eigenvalue weighted by atomic mass is 35.5. The first-order valence-electron chi connectivity index (χ1n) is 5.67. The number of likely N-dealkylation sites (N-methyl/N-ethyl adjacent to an activating group) is 1. The number of carbonyl (C=O) groups is 1. The van der Waals surface area contributed by atoms with Crippen molar-refractivity contribution in [1.82, 2.24) is 4.90 Å². The minimum Gasteiger partial charge on any atom is -0.347 e. The van der Waals surface area contributed by atoms with Crippen LogP contribution in [0.4, 0.5) is 0 Å². The van der Waals surface area contributed by atoms with E-state index < -0.39 is 0 Å². The van der Waals surface area contributed by atoms with Crippen LogP contribution in [-0.2, 0) is 4.79 Å². The zero-order valence-corrected chi connectivity index (χ0v) is 11.3. The molecule has 1 aromatic carbocycles. The number of nitrogens with two attached hydrogens (primary N) is 1. The van der Waals surface area contributed by atoms with Crippen LogP contribution in [-0.4, -0.2) is 36.7 Å². The molecule has 17 heavy (non-hydrogen) atoms. The largest absolute Gasteiger partial charge is 0.347 e. The molecule has 2 N–H and O–H groups in total. The molecule has 1 heterocycles. The summed E-state index contributed by atoms with van der Waals surface area (Å²) in [5, 5.41) is 2.90. The van der Waals surface area contributed by atoms with Crippen molar-refractivity contribution in [3.63, 3.8) is 0 Å². The second kappa shape index (κ2) is 5.76. The topological polar surface area (TPSA) is 36.9 Å². The average molecular weight is 272 g/mol. The lowest BCUT2D eigenvalue weighted by Crippen LogP contribution is -2.81. The van der Waals surface area contributed by atoms with Crippen LogP contribution in [0.3, 0.4) is 0 Å². The van der Waals surface area contributed by atoms with Crippen molar-refractivity contribution in [2.75, 3.05) is 25.9 Å². The lowest BCUT2D eigenvalue weighted by Gasteiger charge is -2.23. The summed E-state index contributed by atoms with van der Waals surface area (Å²) in [6, 6.07) is 7.76. The Bertz CT molecular complexity index is 413. The molecule has 1 amide bonds. The first-order valence-corrected chi connectivity index (χ1v) is 7.10. The van der Waals surface area contributed by atoms with Crippen molar-refractivity contribution in [1.29, 1.82) is 0 Å². The summed E-state index contributed by atoms with van der Waals surface area (Å²) in [7, 11) is 2.01. The Balaban J connectivity index is 2.19. The predicted octanol–water partition coefficient (Wildman–Crippen LogP) is 1.11. The van der Waals surface area contributed by atoms with E-state index in [0.29, 0.717) is 5.75 Å². The molecule has 0 unspecified atom stereocenters. The minimum atomic E-state index is 0.0798. The standard InChI is InChI=1S/C12H15ClN2OS/c1-14-6-7-15-11(16)8-17-12(15)9-4-2-3-5-10(9)13/h2-5,12,14H,6-8H2,1H3/p+1/t12-/m1/s1. The summed E-state index contributed by atoms with van der Waals surface area (Å²) in [4.78, 5) is 13.7. The molecule has 1 atom stereocenters. The van der Waals surface area contributed by atoms with Crippen molar-refractivity contribution in [2.45, 2.75) is 5.37 Å². The molecule has 92 valence electrons. The Hall–Kier alpha value is -0.710. The Morgan fingerprint density at radius 1 is 1.53 bits per heavy atom. The molecule has 0 aliphatic carbocycles. The first-order chi connectivity index (χ1) is 8.24. The Kier molecular flexibility index (Phi) is 4.31. The number of hydrogen-bond donors (Lipinski definition) is 1. The van der Waals surface area contributed by atoms with Gasteiger partial charge in [-0.2, -0.15) is 0 Å². The van der Waals surface area contributed by atoms with Gasteiger partial charge in [0.05, 0.1) is 25.9 Å². The second-order valence-corrected chi connectivity index (χ2v) is 5.44. The van der Waals surface area contributed by atoms with Crippen molar-refractivity contribution in [3.05, 3.63) is 34.9 Å². The number of hydrogen-bond acceptors (Lipinski definition) is 2. The summed E-state index contributed by atoms with van der Waals surface area (Å²) in [6.45, 7) is 1.70. The van der Waals surface area contributed by atoms with Gasteiger partial charge in [0, 0.05) is 10.6 Å². The highest BCUT2D eigenvalue weighted by Gasteiger charge is 2.33. The monoisotopic (exact) mass is 271 g/mol. The highest BCUT2D eigenvalue weighted by Crippen LogP contribution is 2.40. The van der Waals surface area contributed by atoms with Crippen molar-refractivity contribution in [3.8, 4) is 0 Å². The van der Waals surface area contributed by atoms with Gasteiger partial charge in [-0.15, -0.1) is 11.8 Å². The van der Waals surface area contributed by atoms with Gasteiger partial charge in [-0.1, -0.05) is 29.8 Å². The molecular formula is C12H16ClN2OS+. The average Bonchev–Trinajstić information content (AvgIpc) is 2.69. The van der Waals surface area contributed by atoms with E-state index in [-0.39, 0.29) is 11.3 Å². The molecule has 3 nitrogen and oxygen atoms in total. The molecule has 1 aliphatic rings. The van der Waals surface area contributed by atoms with E-state index in [4.69, 9.17) is 11.6 Å². The lowest BCUT2D eigenvalue weighted by molar-refractivity contribution is -0.626. The molecule has 0 bridgehead atoms. The molecule has 0 radical (unpaired) electrons. The van der Waals surface area contributed by atoms with E-state index in [0.717, 1.165) is 23.7 Å². The fourth-order valence-corrected chi connectivity index (χ4v) is 3.46. The van der Waals surface area contributed by atoms with E-state index >= 15 is 0 Å². The van der Waals surface area contributed by atoms with E-state index in [9.17, 15) is 4.79 Å². The highest BCUT2D eigenvalue weighted by molar-refractivity contribution is 8.00. The van der Waals surface area contributed by atoms with Gasteiger partial charge in [0.15, 0.2) is 0 Å². The summed E-state index contributed by atoms with van der Waals surface area (Å²) in [6.07, 6.45) is 0. The number of quaternary nitrogens is 1. The van der Waals surface area contributed by atoms with Crippen molar-refractivity contribution < 1.29 is 10.1 Å². The van der Waals surface area contributed by atoms with E-state index in [1.165, 1.54) is 0 Å². The third kappa shape index (κ3) is 2.76. The van der Waals surface area contributed by atoms with Crippen LogP contribution in [0.15, 0.2) is 24.3 Å². The predicted molar refractivity (Wildman–Crippen MR) is 71.1 cm³/mol. The van der Waals surface area contributed by atoms with Gasteiger partial charge >= 0.3 is 0 Å². The van der Waals surface area contributed by atoms with Gasteiger partial charge in [0.25, 0.3) is 0 Å². The normalized spacial score (nSPS) is 20.0. The van der Waals surface area contributed by atoms with E-state index in [2.05, 4.69) is 5.32 Å². The summed E-state index contributed by atoms with van der Waals surface area (Å²) < 4.78 is 0. The smallest absolute Gasteiger partial charge is 0.234 e. The Labute approximate surface area is 111 Å². The number of amides is 1. The number of rotatable bonds is 4. The van der Waals surface area contributed by atoms with Crippen molar-refractivity contribution in [2.24, 2.45) is 0 Å². The quantitative estimate of drug-likeness (QED) is 0.891. The molecule has 1 saturated heterocycles. The maximum atomic E-state index is 11.8. The van der Waals surface area contributed by atoms with Gasteiger partial charge < -0.3 is 10.2 Å². The maximum absolute atomic E-state index is 11.8. The van der Waals surface area contributed by atoms with Crippen LogP contribution >= 0.6 is 23.4 Å². The number of nitrogens with zero attached hydrogens (tertiary/aromatic N) is 1. The summed E-state index contributed by atoms with van der Waals surface area (Å²) >= 11 is 7.85. The van der Waals surface area contributed by atoms with Crippen LogP contribution in [0.2, 0.25) is 5.02 Å². The van der Waals surface area contributed by atoms with Gasteiger partial charge in [-0.05, 0) is 6.07 Å². The second-order valence-electron chi connectivity index (χ2n) is 3.97. The molecule has 2 rings (SSSR count). The SMILES string of the molecule is C[NH2+]CCN1C(=O)CS[C@@H]1c1ccccc1Cl. The molecule has 5 heteroatoms. The number of halogens is 1. The van der Waals surface area contributed by atoms with Gasteiger partial charge in [-0.25, -0.2) is 0 Å². The molecule has 0 saturated carbocycles. The number of benzene rings is 1. The fraction of sp³-hybridized carbons (Fsp3) is 0.417. The van der Waals surface area contributed by atoms with E-state index in [1.54, 1.807) is 11.8 Å². The third-order valence-electron chi connectivity index (χ3n) is 2.80. The lowest BCUT2D eigenvalue weighted by atomic mass is 10.2. The molecule has 1 fully saturated rings. The Morgan fingerprint density at radius 2 is 2.29 bits per heavy atom. The zero-order valence-electron chi connectivity index (χ0n) is 9.73. The van der Waals surface area contributed by atoms with Crippen LogP contribution in [0.25, 0.3) is 0 Å². The zero-order chi connectivity index (χ0) is 12.3. The molecule has 0 spiro atoms. The van der Waals surface area contributed by atoms with Gasteiger partial charge in [0.1, 0.15) is 5.37 Å². The summed E-state index contributed by atoms with van der Waals surface area (Å²) in [5.41, 5.74) is 1.04. The van der Waals surface area contributed by atoms with Crippen LogP contribution in [0.1, 0.15) is 10.9 Å². The third-order valence-corrected chi connectivity index (χ3v) is 4.38. The van der Waals surface area contributed by atoms with Crippen LogP contribution in [0, 0.1) is 0 Å². The van der Waals surface area contributed by atoms with Crippen molar-refractivity contribution >= 4 is 29.3 Å². The number of carbonyl (C=O) groups excluding carboxylic acids is 1. The maximum Gasteiger partial charge on any atom is 0.234 e. The Morgan fingerprint density at radius 3 is 3.00 bits per heavy atom. The molecule has 1 aromatic rings. The van der Waals surface area contributed by atoms with Gasteiger partial charge in [0.2, 0.25) is 5.91 Å². The van der Waals surface area contributed by atoms with Crippen LogP contribution in [0.5, 0.6) is 0 Å². The van der Waals surface area contributed by atoms with E-state index in [1.807, 2.05) is 36.2 Å².